The lowest BCUT2D eigenvalue weighted by Crippen LogP contribution is -2.41. The Balaban J connectivity index is 2.09. The van der Waals surface area contributed by atoms with Crippen molar-refractivity contribution in [3.8, 4) is 0 Å². The number of morpholine rings is 1. The van der Waals surface area contributed by atoms with Gasteiger partial charge >= 0.3 is 0 Å². The van der Waals surface area contributed by atoms with Crippen LogP contribution in [0.2, 0.25) is 5.28 Å². The van der Waals surface area contributed by atoms with Gasteiger partial charge in [-0.3, -0.25) is 14.6 Å². The number of hydrogen-bond acceptors (Lipinski definition) is 6. The molecule has 0 spiro atoms. The predicted octanol–water partition coefficient (Wildman–Crippen LogP) is 0.491. The zero-order valence-corrected chi connectivity index (χ0v) is 13.1. The van der Waals surface area contributed by atoms with Crippen LogP contribution in [0.25, 0.3) is 0 Å². The van der Waals surface area contributed by atoms with Gasteiger partial charge in [-0.25, -0.2) is 4.98 Å². The third-order valence-corrected chi connectivity index (χ3v) is 3.54. The number of halogens is 1. The van der Waals surface area contributed by atoms with Crippen LogP contribution >= 0.6 is 11.6 Å². The Morgan fingerprint density at radius 1 is 1.43 bits per heavy atom. The average Bonchev–Trinajstić information content (AvgIpc) is 2.49. The Bertz CT molecular complexity index is 480. The minimum absolute atomic E-state index is 0.133. The van der Waals surface area contributed by atoms with E-state index >= 15 is 0 Å². The molecule has 8 heteroatoms. The summed E-state index contributed by atoms with van der Waals surface area (Å²) in [5.41, 5.74) is 0.758. The fourth-order valence-electron chi connectivity index (χ4n) is 2.15. The minimum atomic E-state index is 0.133. The summed E-state index contributed by atoms with van der Waals surface area (Å²) >= 11 is 5.86. The van der Waals surface area contributed by atoms with E-state index in [9.17, 15) is 4.79 Å². The Kier molecular flexibility index (Phi) is 5.72. The summed E-state index contributed by atoms with van der Waals surface area (Å²) in [5, 5.41) is 0.133. The first-order valence-corrected chi connectivity index (χ1v) is 7.21. The van der Waals surface area contributed by atoms with Crippen molar-refractivity contribution in [2.75, 3.05) is 63.3 Å². The lowest BCUT2D eigenvalue weighted by atomic mass is 10.3. The monoisotopic (exact) mass is 313 g/mol. The van der Waals surface area contributed by atoms with E-state index in [2.05, 4.69) is 14.9 Å². The molecule has 0 aliphatic carbocycles. The van der Waals surface area contributed by atoms with Gasteiger partial charge in [-0.2, -0.15) is 4.98 Å². The number of aromatic nitrogens is 2. The number of carbonyl (C=O) groups excluding carboxylic acids is 1. The van der Waals surface area contributed by atoms with Gasteiger partial charge in [-0.1, -0.05) is 0 Å². The predicted molar refractivity (Wildman–Crippen MR) is 82.0 cm³/mol. The number of nitrogens with zero attached hydrogens (tertiary/aromatic N) is 5. The van der Waals surface area contributed by atoms with Crippen molar-refractivity contribution >= 4 is 29.5 Å². The SMILES string of the molecule is CN(C)c1cnc(Cl)nc1N(C=O)CCN1CCOCC1. The van der Waals surface area contributed by atoms with Crippen LogP contribution in [-0.2, 0) is 9.53 Å². The van der Waals surface area contributed by atoms with Crippen molar-refractivity contribution in [1.29, 1.82) is 0 Å². The Hall–Kier alpha value is -1.44. The highest BCUT2D eigenvalue weighted by Gasteiger charge is 2.17. The van der Waals surface area contributed by atoms with E-state index in [1.807, 2.05) is 19.0 Å². The lowest BCUT2D eigenvalue weighted by molar-refractivity contribution is -0.107. The molecular formula is C13H20ClN5O2. The average molecular weight is 314 g/mol. The summed E-state index contributed by atoms with van der Waals surface area (Å²) in [7, 11) is 3.75. The normalized spacial score (nSPS) is 15.8. The summed E-state index contributed by atoms with van der Waals surface area (Å²) < 4.78 is 5.31. The fraction of sp³-hybridized carbons (Fsp3) is 0.615. The van der Waals surface area contributed by atoms with Crippen molar-refractivity contribution in [2.24, 2.45) is 0 Å². The van der Waals surface area contributed by atoms with Crippen molar-refractivity contribution < 1.29 is 9.53 Å². The Morgan fingerprint density at radius 3 is 2.76 bits per heavy atom. The quantitative estimate of drug-likeness (QED) is 0.563. The number of carbonyl (C=O) groups is 1. The van der Waals surface area contributed by atoms with E-state index in [0.29, 0.717) is 12.4 Å². The van der Waals surface area contributed by atoms with E-state index < -0.39 is 0 Å². The molecule has 1 amide bonds. The molecule has 0 saturated carbocycles. The fourth-order valence-corrected chi connectivity index (χ4v) is 2.28. The summed E-state index contributed by atoms with van der Waals surface area (Å²) in [6.45, 7) is 4.58. The van der Waals surface area contributed by atoms with Gasteiger partial charge < -0.3 is 9.64 Å². The van der Waals surface area contributed by atoms with Crippen LogP contribution in [0.1, 0.15) is 0 Å². The molecule has 1 saturated heterocycles. The molecule has 1 aromatic rings. The molecule has 1 aliphatic heterocycles. The Morgan fingerprint density at radius 2 is 2.14 bits per heavy atom. The first-order valence-electron chi connectivity index (χ1n) is 6.83. The van der Waals surface area contributed by atoms with E-state index in [1.165, 1.54) is 0 Å². The second kappa shape index (κ2) is 7.53. The highest BCUT2D eigenvalue weighted by atomic mass is 35.5. The molecule has 1 aromatic heterocycles. The lowest BCUT2D eigenvalue weighted by Gasteiger charge is -2.29. The number of rotatable bonds is 6. The smallest absolute Gasteiger partial charge is 0.224 e. The highest BCUT2D eigenvalue weighted by molar-refractivity contribution is 6.28. The van der Waals surface area contributed by atoms with Crippen LogP contribution in [0.15, 0.2) is 6.20 Å². The van der Waals surface area contributed by atoms with Gasteiger partial charge in [-0.05, 0) is 11.6 Å². The molecule has 0 aromatic carbocycles. The largest absolute Gasteiger partial charge is 0.379 e. The highest BCUT2D eigenvalue weighted by Crippen LogP contribution is 2.25. The summed E-state index contributed by atoms with van der Waals surface area (Å²) in [5.74, 6) is 0.531. The maximum Gasteiger partial charge on any atom is 0.224 e. The molecule has 21 heavy (non-hydrogen) atoms. The van der Waals surface area contributed by atoms with Crippen molar-refractivity contribution in [1.82, 2.24) is 14.9 Å². The molecular weight excluding hydrogens is 294 g/mol. The van der Waals surface area contributed by atoms with Crippen molar-refractivity contribution in [3.63, 3.8) is 0 Å². The first-order chi connectivity index (χ1) is 10.1. The second-order valence-corrected chi connectivity index (χ2v) is 5.33. The minimum Gasteiger partial charge on any atom is -0.379 e. The molecule has 0 radical (unpaired) electrons. The summed E-state index contributed by atoms with van der Waals surface area (Å²) in [6.07, 6.45) is 2.40. The van der Waals surface area contributed by atoms with E-state index in [0.717, 1.165) is 44.9 Å². The molecule has 116 valence electrons. The molecule has 1 aliphatic rings. The summed E-state index contributed by atoms with van der Waals surface area (Å²) in [6, 6.07) is 0. The zero-order chi connectivity index (χ0) is 15.2. The van der Waals surface area contributed by atoms with Gasteiger partial charge in [-0.15, -0.1) is 0 Å². The van der Waals surface area contributed by atoms with E-state index in [1.54, 1.807) is 11.1 Å². The third kappa shape index (κ3) is 4.26. The van der Waals surface area contributed by atoms with Crippen LogP contribution in [0.4, 0.5) is 11.5 Å². The zero-order valence-electron chi connectivity index (χ0n) is 12.3. The van der Waals surface area contributed by atoms with Gasteiger partial charge in [0.1, 0.15) is 0 Å². The van der Waals surface area contributed by atoms with Crippen molar-refractivity contribution in [2.45, 2.75) is 0 Å². The van der Waals surface area contributed by atoms with Crippen LogP contribution in [-0.4, -0.2) is 74.8 Å². The molecule has 0 atom stereocenters. The Labute approximate surface area is 129 Å². The van der Waals surface area contributed by atoms with E-state index in [4.69, 9.17) is 16.3 Å². The molecule has 2 rings (SSSR count). The van der Waals surface area contributed by atoms with Gasteiger partial charge in [0.2, 0.25) is 11.7 Å². The van der Waals surface area contributed by atoms with Gasteiger partial charge in [0, 0.05) is 40.3 Å². The number of hydrogen-bond donors (Lipinski definition) is 0. The topological polar surface area (TPSA) is 61.8 Å². The van der Waals surface area contributed by atoms with Crippen LogP contribution < -0.4 is 9.80 Å². The molecule has 1 fully saturated rings. The standard InChI is InChI=1S/C13H20ClN5O2/c1-17(2)11-9-15-13(14)16-12(11)19(10-20)4-3-18-5-7-21-8-6-18/h9-10H,3-8H2,1-2H3. The van der Waals surface area contributed by atoms with Gasteiger partial charge in [0.25, 0.3) is 0 Å². The first kappa shape index (κ1) is 15.9. The second-order valence-electron chi connectivity index (χ2n) is 5.00. The van der Waals surface area contributed by atoms with Crippen molar-refractivity contribution in [3.05, 3.63) is 11.5 Å². The molecule has 0 bridgehead atoms. The molecule has 0 unspecified atom stereocenters. The number of anilines is 2. The van der Waals surface area contributed by atoms with Crippen LogP contribution in [0, 0.1) is 0 Å². The number of amides is 1. The van der Waals surface area contributed by atoms with Crippen LogP contribution in [0.3, 0.4) is 0 Å². The third-order valence-electron chi connectivity index (χ3n) is 3.36. The number of ether oxygens (including phenoxy) is 1. The maximum absolute atomic E-state index is 11.4. The van der Waals surface area contributed by atoms with Crippen LogP contribution in [0.5, 0.6) is 0 Å². The summed E-state index contributed by atoms with van der Waals surface area (Å²) in [4.78, 5) is 25.3. The molecule has 7 nitrogen and oxygen atoms in total. The molecule has 0 N–H and O–H groups in total. The molecule has 2 heterocycles. The van der Waals surface area contributed by atoms with Gasteiger partial charge in [0.05, 0.1) is 25.1 Å². The van der Waals surface area contributed by atoms with E-state index in [-0.39, 0.29) is 5.28 Å². The maximum atomic E-state index is 11.4. The van der Waals surface area contributed by atoms with Gasteiger partial charge in [0.15, 0.2) is 5.82 Å².